The van der Waals surface area contributed by atoms with E-state index in [2.05, 4.69) is 26.1 Å². The van der Waals surface area contributed by atoms with Gasteiger partial charge in [0.15, 0.2) is 18.1 Å². The number of benzene rings is 2. The van der Waals surface area contributed by atoms with Gasteiger partial charge in [-0.3, -0.25) is 19.7 Å². The van der Waals surface area contributed by atoms with Crippen LogP contribution in [0.5, 0.6) is 11.5 Å². The van der Waals surface area contributed by atoms with Crippen molar-refractivity contribution in [1.29, 1.82) is 0 Å². The molecule has 7 heteroatoms. The lowest BCUT2D eigenvalue weighted by Crippen LogP contribution is -2.34. The zero-order valence-corrected chi connectivity index (χ0v) is 17.3. The second kappa shape index (κ2) is 8.98. The number of nitrogens with one attached hydrogen (secondary N) is 1. The number of hydrogen-bond donors (Lipinski definition) is 1. The Bertz CT molecular complexity index is 943. The lowest BCUT2D eigenvalue weighted by molar-refractivity contribution is -0.147. The summed E-state index contributed by atoms with van der Waals surface area (Å²) >= 11 is 0. The molecule has 3 rings (SSSR count). The van der Waals surface area contributed by atoms with Crippen molar-refractivity contribution >= 4 is 17.8 Å². The van der Waals surface area contributed by atoms with E-state index in [0.717, 1.165) is 5.56 Å². The molecule has 0 radical (unpaired) electrons. The van der Waals surface area contributed by atoms with Crippen LogP contribution in [0.25, 0.3) is 0 Å². The van der Waals surface area contributed by atoms with Gasteiger partial charge in [-0.05, 0) is 40.8 Å². The molecule has 2 aromatic rings. The number of rotatable bonds is 5. The predicted octanol–water partition coefficient (Wildman–Crippen LogP) is 2.80. The van der Waals surface area contributed by atoms with Crippen molar-refractivity contribution in [2.24, 2.45) is 0 Å². The molecule has 1 aliphatic heterocycles. The highest BCUT2D eigenvalue weighted by atomic mass is 16.6. The van der Waals surface area contributed by atoms with Crippen LogP contribution in [0.15, 0.2) is 42.5 Å². The van der Waals surface area contributed by atoms with Crippen LogP contribution in [0.4, 0.5) is 0 Å². The molecule has 0 fully saturated rings. The number of fused-ring (bicyclic) bond motifs is 1. The fourth-order valence-electron chi connectivity index (χ4n) is 2.92. The molecule has 1 heterocycles. The van der Waals surface area contributed by atoms with E-state index in [1.54, 1.807) is 30.3 Å². The predicted molar refractivity (Wildman–Crippen MR) is 110 cm³/mol. The number of esters is 1. The third kappa shape index (κ3) is 5.59. The zero-order valence-electron chi connectivity index (χ0n) is 17.3. The first-order valence-corrected chi connectivity index (χ1v) is 9.71. The summed E-state index contributed by atoms with van der Waals surface area (Å²) in [6.07, 6.45) is -0.0217. The van der Waals surface area contributed by atoms with Gasteiger partial charge < -0.3 is 14.2 Å². The summed E-state index contributed by atoms with van der Waals surface area (Å²) in [5, 5.41) is 2.22. The van der Waals surface area contributed by atoms with Crippen LogP contribution in [0.3, 0.4) is 0 Å². The second-order valence-electron chi connectivity index (χ2n) is 8.02. The molecule has 2 amide bonds. The highest BCUT2D eigenvalue weighted by Gasteiger charge is 2.17. The van der Waals surface area contributed by atoms with E-state index in [9.17, 15) is 14.4 Å². The summed E-state index contributed by atoms with van der Waals surface area (Å²) in [5.41, 5.74) is 2.09. The largest absolute Gasteiger partial charge is 0.486 e. The summed E-state index contributed by atoms with van der Waals surface area (Å²) in [6.45, 7) is 6.63. The molecule has 2 aromatic carbocycles. The van der Waals surface area contributed by atoms with Crippen molar-refractivity contribution in [3.8, 4) is 11.5 Å². The van der Waals surface area contributed by atoms with Crippen LogP contribution in [0.1, 0.15) is 42.3 Å². The monoisotopic (exact) mass is 411 g/mol. The van der Waals surface area contributed by atoms with Crippen LogP contribution in [0, 0.1) is 0 Å². The van der Waals surface area contributed by atoms with E-state index in [1.165, 1.54) is 0 Å². The number of carbonyl (C=O) groups excluding carboxylic acids is 3. The Labute approximate surface area is 175 Å². The summed E-state index contributed by atoms with van der Waals surface area (Å²) < 4.78 is 15.9. The van der Waals surface area contributed by atoms with Gasteiger partial charge in [0.1, 0.15) is 13.2 Å². The van der Waals surface area contributed by atoms with Gasteiger partial charge in [-0.15, -0.1) is 0 Å². The van der Waals surface area contributed by atoms with Crippen molar-refractivity contribution in [1.82, 2.24) is 5.32 Å². The Balaban J connectivity index is 1.47. The molecule has 1 N–H and O–H groups in total. The highest BCUT2D eigenvalue weighted by Crippen LogP contribution is 2.30. The van der Waals surface area contributed by atoms with Crippen molar-refractivity contribution < 1.29 is 28.6 Å². The number of ether oxygens (including phenoxy) is 3. The molecular weight excluding hydrogens is 386 g/mol. The van der Waals surface area contributed by atoms with Gasteiger partial charge in [-0.2, -0.15) is 0 Å². The van der Waals surface area contributed by atoms with Crippen molar-refractivity contribution in [3.63, 3.8) is 0 Å². The van der Waals surface area contributed by atoms with E-state index >= 15 is 0 Å². The fraction of sp³-hybridized carbons (Fsp3) is 0.348. The topological polar surface area (TPSA) is 90.9 Å². The molecule has 0 atom stereocenters. The number of amides is 2. The highest BCUT2D eigenvalue weighted by molar-refractivity contribution is 6.05. The van der Waals surface area contributed by atoms with Crippen LogP contribution < -0.4 is 14.8 Å². The van der Waals surface area contributed by atoms with Gasteiger partial charge in [0.2, 0.25) is 0 Å². The molecule has 0 spiro atoms. The van der Waals surface area contributed by atoms with Crippen LogP contribution >= 0.6 is 0 Å². The summed E-state index contributed by atoms with van der Waals surface area (Å²) in [6, 6.07) is 12.2. The van der Waals surface area contributed by atoms with Crippen molar-refractivity contribution in [2.45, 2.75) is 32.6 Å². The Morgan fingerprint density at radius 2 is 1.63 bits per heavy atom. The molecule has 0 aliphatic carbocycles. The Kier molecular flexibility index (Phi) is 6.40. The SMILES string of the molecule is CC(C)(C)c1ccc(C(=O)NC(=O)COC(=O)Cc2ccc3c(c2)OCCO3)cc1. The summed E-state index contributed by atoms with van der Waals surface area (Å²) in [5.74, 6) is -0.596. The van der Waals surface area contributed by atoms with Crippen LogP contribution in [-0.4, -0.2) is 37.6 Å². The molecule has 0 saturated heterocycles. The number of hydrogen-bond acceptors (Lipinski definition) is 6. The first kappa shape index (κ1) is 21.4. The molecule has 1 aliphatic rings. The quantitative estimate of drug-likeness (QED) is 0.761. The van der Waals surface area contributed by atoms with E-state index in [1.807, 2.05) is 12.1 Å². The zero-order chi connectivity index (χ0) is 21.7. The first-order valence-electron chi connectivity index (χ1n) is 9.71. The van der Waals surface area contributed by atoms with Crippen LogP contribution in [0.2, 0.25) is 0 Å². The van der Waals surface area contributed by atoms with Gasteiger partial charge in [-0.25, -0.2) is 0 Å². The Morgan fingerprint density at radius 1 is 0.967 bits per heavy atom. The van der Waals surface area contributed by atoms with Gasteiger partial charge in [-0.1, -0.05) is 39.0 Å². The average Bonchev–Trinajstić information content (AvgIpc) is 2.71. The van der Waals surface area contributed by atoms with E-state index in [0.29, 0.717) is 35.8 Å². The van der Waals surface area contributed by atoms with Crippen molar-refractivity contribution in [3.05, 3.63) is 59.2 Å². The summed E-state index contributed by atoms with van der Waals surface area (Å²) in [4.78, 5) is 36.2. The Morgan fingerprint density at radius 3 is 2.30 bits per heavy atom. The molecule has 7 nitrogen and oxygen atoms in total. The lowest BCUT2D eigenvalue weighted by Gasteiger charge is -2.19. The maximum Gasteiger partial charge on any atom is 0.310 e. The standard InChI is InChI=1S/C23H25NO6/c1-23(2,3)17-7-5-16(6-8-17)22(27)24-20(25)14-30-21(26)13-15-4-9-18-19(12-15)29-11-10-28-18/h4-9,12H,10-11,13-14H2,1-3H3,(H,24,25,27). The van der Waals surface area contributed by atoms with Gasteiger partial charge in [0.25, 0.3) is 11.8 Å². The molecule has 158 valence electrons. The first-order chi connectivity index (χ1) is 14.2. The smallest absolute Gasteiger partial charge is 0.310 e. The third-order valence-electron chi connectivity index (χ3n) is 4.59. The minimum Gasteiger partial charge on any atom is -0.486 e. The normalized spacial score (nSPS) is 12.8. The second-order valence-corrected chi connectivity index (χ2v) is 8.02. The van der Waals surface area contributed by atoms with Crippen molar-refractivity contribution in [2.75, 3.05) is 19.8 Å². The van der Waals surface area contributed by atoms with E-state index in [4.69, 9.17) is 14.2 Å². The molecular formula is C23H25NO6. The maximum absolute atomic E-state index is 12.2. The maximum atomic E-state index is 12.2. The van der Waals surface area contributed by atoms with Gasteiger partial charge in [0.05, 0.1) is 6.42 Å². The fourth-order valence-corrected chi connectivity index (χ4v) is 2.92. The van der Waals surface area contributed by atoms with E-state index < -0.39 is 24.4 Å². The van der Waals surface area contributed by atoms with Gasteiger partial charge in [0, 0.05) is 5.56 Å². The van der Waals surface area contributed by atoms with Gasteiger partial charge >= 0.3 is 5.97 Å². The number of carbonyl (C=O) groups is 3. The third-order valence-corrected chi connectivity index (χ3v) is 4.59. The number of imide groups is 1. The molecule has 0 bridgehead atoms. The lowest BCUT2D eigenvalue weighted by atomic mass is 9.87. The minimum absolute atomic E-state index is 0.0217. The minimum atomic E-state index is -0.685. The molecule has 0 aromatic heterocycles. The molecule has 30 heavy (non-hydrogen) atoms. The van der Waals surface area contributed by atoms with Crippen LogP contribution in [-0.2, 0) is 26.2 Å². The Hall–Kier alpha value is -3.35. The summed E-state index contributed by atoms with van der Waals surface area (Å²) in [7, 11) is 0. The molecule has 0 saturated carbocycles. The average molecular weight is 411 g/mol. The van der Waals surface area contributed by atoms with E-state index in [-0.39, 0.29) is 11.8 Å². The molecule has 0 unspecified atom stereocenters.